The van der Waals surface area contributed by atoms with Crippen molar-refractivity contribution in [1.29, 1.82) is 0 Å². The standard InChI is InChI=1S/C22H29N5O3/c28-21(25-9-7-16-2-1-8-23-11-16)10-18-5-6-19(27(18)14-17-3-4-17)12-26-22(29)20-13-24-15-30-20/h1-2,8,11,13,15,17-19H,3-7,9-10,12,14H2,(H,25,28)(H,26,29)/t18-,19+/m1/s1. The number of oxazole rings is 1. The maximum atomic E-state index is 12.5. The van der Waals surface area contributed by atoms with Crippen LogP contribution in [0.1, 0.15) is 48.2 Å². The van der Waals surface area contributed by atoms with Gasteiger partial charge in [-0.05, 0) is 49.7 Å². The van der Waals surface area contributed by atoms with Crippen LogP contribution in [0.25, 0.3) is 0 Å². The lowest BCUT2D eigenvalue weighted by Crippen LogP contribution is -2.45. The lowest BCUT2D eigenvalue weighted by Gasteiger charge is -2.30. The third-order valence-electron chi connectivity index (χ3n) is 5.97. The fourth-order valence-corrected chi connectivity index (χ4v) is 4.15. The quantitative estimate of drug-likeness (QED) is 0.618. The van der Waals surface area contributed by atoms with E-state index in [4.69, 9.17) is 4.42 Å². The van der Waals surface area contributed by atoms with Crippen molar-refractivity contribution in [3.63, 3.8) is 0 Å². The first kappa shape index (κ1) is 20.5. The molecule has 2 aliphatic rings. The third kappa shape index (κ3) is 5.66. The summed E-state index contributed by atoms with van der Waals surface area (Å²) in [5.74, 6) is 0.810. The zero-order valence-electron chi connectivity index (χ0n) is 17.1. The summed E-state index contributed by atoms with van der Waals surface area (Å²) in [6.45, 7) is 2.19. The molecule has 160 valence electrons. The van der Waals surface area contributed by atoms with Crippen LogP contribution in [0, 0.1) is 5.92 Å². The second kappa shape index (κ2) is 9.84. The summed E-state index contributed by atoms with van der Waals surface area (Å²) in [5.41, 5.74) is 1.12. The Morgan fingerprint density at radius 1 is 1.10 bits per heavy atom. The van der Waals surface area contributed by atoms with Crippen LogP contribution >= 0.6 is 0 Å². The Morgan fingerprint density at radius 3 is 2.70 bits per heavy atom. The van der Waals surface area contributed by atoms with E-state index in [1.54, 1.807) is 6.20 Å². The highest BCUT2D eigenvalue weighted by Gasteiger charge is 2.38. The minimum atomic E-state index is -0.240. The zero-order valence-corrected chi connectivity index (χ0v) is 17.1. The number of nitrogens with zero attached hydrogens (tertiary/aromatic N) is 3. The molecular formula is C22H29N5O3. The van der Waals surface area contributed by atoms with E-state index < -0.39 is 0 Å². The molecule has 8 heteroatoms. The summed E-state index contributed by atoms with van der Waals surface area (Å²) in [7, 11) is 0. The molecule has 30 heavy (non-hydrogen) atoms. The Kier molecular flexibility index (Phi) is 6.74. The van der Waals surface area contributed by atoms with Crippen molar-refractivity contribution < 1.29 is 14.0 Å². The highest BCUT2D eigenvalue weighted by molar-refractivity contribution is 5.91. The summed E-state index contributed by atoms with van der Waals surface area (Å²) >= 11 is 0. The summed E-state index contributed by atoms with van der Waals surface area (Å²) in [6.07, 6.45) is 12.0. The third-order valence-corrected chi connectivity index (χ3v) is 5.97. The van der Waals surface area contributed by atoms with Crippen molar-refractivity contribution in [2.45, 2.75) is 50.6 Å². The summed E-state index contributed by atoms with van der Waals surface area (Å²) in [4.78, 5) is 35.0. The van der Waals surface area contributed by atoms with Crippen molar-refractivity contribution in [2.75, 3.05) is 19.6 Å². The van der Waals surface area contributed by atoms with Crippen LogP contribution in [0.4, 0.5) is 0 Å². The average molecular weight is 412 g/mol. The van der Waals surface area contributed by atoms with Crippen LogP contribution < -0.4 is 10.6 Å². The maximum absolute atomic E-state index is 12.5. The monoisotopic (exact) mass is 411 g/mol. The molecule has 0 spiro atoms. The largest absolute Gasteiger partial charge is 0.438 e. The van der Waals surface area contributed by atoms with Crippen LogP contribution in [-0.4, -0.2) is 58.4 Å². The molecule has 2 aromatic heterocycles. The van der Waals surface area contributed by atoms with E-state index in [0.717, 1.165) is 37.3 Å². The first-order chi connectivity index (χ1) is 14.7. The Bertz CT molecular complexity index is 823. The van der Waals surface area contributed by atoms with Crippen LogP contribution in [0.3, 0.4) is 0 Å². The molecule has 0 unspecified atom stereocenters. The topological polar surface area (TPSA) is 100 Å². The van der Waals surface area contributed by atoms with Crippen LogP contribution in [-0.2, 0) is 11.2 Å². The molecule has 0 aromatic carbocycles. The van der Waals surface area contributed by atoms with Crippen molar-refractivity contribution >= 4 is 11.8 Å². The van der Waals surface area contributed by atoms with E-state index in [1.165, 1.54) is 25.4 Å². The number of aromatic nitrogens is 2. The molecular weight excluding hydrogens is 382 g/mol. The van der Waals surface area contributed by atoms with E-state index in [0.29, 0.717) is 19.5 Å². The van der Waals surface area contributed by atoms with Crippen molar-refractivity contribution in [2.24, 2.45) is 5.92 Å². The molecule has 1 aliphatic heterocycles. The van der Waals surface area contributed by atoms with E-state index in [1.807, 2.05) is 18.3 Å². The van der Waals surface area contributed by atoms with Gasteiger partial charge in [-0.2, -0.15) is 0 Å². The Balaban J connectivity index is 1.25. The van der Waals surface area contributed by atoms with Gasteiger partial charge in [0.05, 0.1) is 6.20 Å². The minimum Gasteiger partial charge on any atom is -0.438 e. The number of nitrogens with one attached hydrogen (secondary N) is 2. The van der Waals surface area contributed by atoms with E-state index >= 15 is 0 Å². The molecule has 2 N–H and O–H groups in total. The number of hydrogen-bond donors (Lipinski definition) is 2. The van der Waals surface area contributed by atoms with Gasteiger partial charge in [-0.1, -0.05) is 6.07 Å². The Morgan fingerprint density at radius 2 is 1.97 bits per heavy atom. The molecule has 1 aliphatic carbocycles. The summed E-state index contributed by atoms with van der Waals surface area (Å²) < 4.78 is 5.06. The molecule has 2 amide bonds. The Hall–Kier alpha value is -2.74. The SMILES string of the molecule is O=C(C[C@H]1CC[C@@H](CNC(=O)c2cnco2)N1CC1CC1)NCCc1cccnc1. The van der Waals surface area contributed by atoms with Crippen molar-refractivity contribution in [3.8, 4) is 0 Å². The molecule has 4 rings (SSSR count). The number of pyridine rings is 1. The highest BCUT2D eigenvalue weighted by Crippen LogP contribution is 2.35. The predicted octanol–water partition coefficient (Wildman–Crippen LogP) is 1.79. The second-order valence-electron chi connectivity index (χ2n) is 8.27. The van der Waals surface area contributed by atoms with Gasteiger partial charge in [0.25, 0.3) is 5.91 Å². The summed E-state index contributed by atoms with van der Waals surface area (Å²) in [5, 5.41) is 6.00. The van der Waals surface area contributed by atoms with E-state index in [2.05, 4.69) is 25.5 Å². The molecule has 2 aromatic rings. The van der Waals surface area contributed by atoms with Gasteiger partial charge in [0.15, 0.2) is 6.39 Å². The first-order valence-corrected chi connectivity index (χ1v) is 10.8. The first-order valence-electron chi connectivity index (χ1n) is 10.8. The fraction of sp³-hybridized carbons (Fsp3) is 0.545. The lowest BCUT2D eigenvalue weighted by atomic mass is 10.1. The van der Waals surface area contributed by atoms with Crippen LogP contribution in [0.5, 0.6) is 0 Å². The van der Waals surface area contributed by atoms with Gasteiger partial charge in [0, 0.05) is 50.5 Å². The maximum Gasteiger partial charge on any atom is 0.288 e. The fourth-order valence-electron chi connectivity index (χ4n) is 4.15. The molecule has 1 saturated heterocycles. The van der Waals surface area contributed by atoms with Gasteiger partial charge >= 0.3 is 0 Å². The molecule has 1 saturated carbocycles. The number of carbonyl (C=O) groups excluding carboxylic acids is 2. The molecule has 0 radical (unpaired) electrons. The number of hydrogen-bond acceptors (Lipinski definition) is 6. The predicted molar refractivity (Wildman–Crippen MR) is 111 cm³/mol. The van der Waals surface area contributed by atoms with Crippen molar-refractivity contribution in [1.82, 2.24) is 25.5 Å². The molecule has 2 atom stereocenters. The number of carbonyl (C=O) groups is 2. The van der Waals surface area contributed by atoms with Crippen molar-refractivity contribution in [3.05, 3.63) is 48.4 Å². The smallest absolute Gasteiger partial charge is 0.288 e. The minimum absolute atomic E-state index is 0.0935. The zero-order chi connectivity index (χ0) is 20.8. The molecule has 2 fully saturated rings. The normalized spacial score (nSPS) is 21.5. The number of amides is 2. The van der Waals surface area contributed by atoms with Gasteiger partial charge in [0.2, 0.25) is 11.7 Å². The molecule has 3 heterocycles. The van der Waals surface area contributed by atoms with Crippen LogP contribution in [0.2, 0.25) is 0 Å². The van der Waals surface area contributed by atoms with Gasteiger partial charge in [-0.25, -0.2) is 4.98 Å². The number of rotatable bonds is 10. The van der Waals surface area contributed by atoms with Crippen LogP contribution in [0.15, 0.2) is 41.5 Å². The van der Waals surface area contributed by atoms with Gasteiger partial charge in [-0.3, -0.25) is 19.5 Å². The lowest BCUT2D eigenvalue weighted by molar-refractivity contribution is -0.122. The van der Waals surface area contributed by atoms with E-state index in [-0.39, 0.29) is 29.7 Å². The molecule has 8 nitrogen and oxygen atoms in total. The van der Waals surface area contributed by atoms with Gasteiger partial charge in [-0.15, -0.1) is 0 Å². The van der Waals surface area contributed by atoms with Gasteiger partial charge < -0.3 is 15.1 Å². The Labute approximate surface area is 176 Å². The molecule has 0 bridgehead atoms. The number of likely N-dealkylation sites (tertiary alicyclic amines) is 1. The second-order valence-corrected chi connectivity index (χ2v) is 8.27. The summed E-state index contributed by atoms with van der Waals surface area (Å²) in [6, 6.07) is 4.42. The highest BCUT2D eigenvalue weighted by atomic mass is 16.3. The van der Waals surface area contributed by atoms with E-state index in [9.17, 15) is 9.59 Å². The average Bonchev–Trinajstić information content (AvgIpc) is 3.25. The van der Waals surface area contributed by atoms with Gasteiger partial charge in [0.1, 0.15) is 0 Å².